The third kappa shape index (κ3) is 3.98. The fourth-order valence-corrected chi connectivity index (χ4v) is 2.16. The first kappa shape index (κ1) is 14.5. The molecule has 98 valence electrons. The number of halogens is 1. The van der Waals surface area contributed by atoms with E-state index in [0.717, 1.165) is 37.3 Å². The van der Waals surface area contributed by atoms with E-state index in [1.54, 1.807) is 11.8 Å². The Bertz CT molecular complexity index is 346. The minimum Gasteiger partial charge on any atom is -0.383 e. The van der Waals surface area contributed by atoms with Gasteiger partial charge in [-0.15, -0.1) is 0 Å². The van der Waals surface area contributed by atoms with E-state index in [4.69, 9.17) is 16.3 Å². The summed E-state index contributed by atoms with van der Waals surface area (Å²) in [6, 6.07) is 0.376. The molecule has 0 saturated carbocycles. The normalized spacial score (nSPS) is 13.0. The molecule has 1 unspecified atom stereocenters. The van der Waals surface area contributed by atoms with Crippen molar-refractivity contribution < 1.29 is 4.74 Å². The van der Waals surface area contributed by atoms with Gasteiger partial charge in [-0.05, 0) is 13.3 Å². The highest BCUT2D eigenvalue weighted by molar-refractivity contribution is 6.30. The Morgan fingerprint density at radius 3 is 2.71 bits per heavy atom. The fraction of sp³-hybridized carbons (Fsp3) is 0.750. The predicted molar refractivity (Wildman–Crippen MR) is 70.4 cm³/mol. The number of methoxy groups -OCH3 is 1. The van der Waals surface area contributed by atoms with Crippen molar-refractivity contribution in [3.63, 3.8) is 0 Å². The molecule has 1 heterocycles. The van der Waals surface area contributed by atoms with Crippen LogP contribution in [0, 0.1) is 6.92 Å². The summed E-state index contributed by atoms with van der Waals surface area (Å²) in [5, 5.41) is 8.47. The Hall–Kier alpha value is -0.580. The van der Waals surface area contributed by atoms with Gasteiger partial charge in [0.05, 0.1) is 12.3 Å². The van der Waals surface area contributed by atoms with Crippen LogP contribution in [0.25, 0.3) is 0 Å². The van der Waals surface area contributed by atoms with E-state index in [1.165, 1.54) is 0 Å². The summed E-state index contributed by atoms with van der Waals surface area (Å²) in [5.74, 6) is 0. The van der Waals surface area contributed by atoms with Crippen molar-refractivity contribution in [3.05, 3.63) is 16.4 Å². The Morgan fingerprint density at radius 1 is 1.53 bits per heavy atom. The van der Waals surface area contributed by atoms with Crippen molar-refractivity contribution in [2.75, 3.05) is 13.7 Å². The maximum absolute atomic E-state index is 6.18. The van der Waals surface area contributed by atoms with Crippen molar-refractivity contribution in [3.8, 4) is 0 Å². The van der Waals surface area contributed by atoms with Gasteiger partial charge in [-0.1, -0.05) is 24.9 Å². The van der Waals surface area contributed by atoms with Gasteiger partial charge in [0.25, 0.3) is 0 Å². The second kappa shape index (κ2) is 6.99. The zero-order valence-corrected chi connectivity index (χ0v) is 11.8. The lowest BCUT2D eigenvalue weighted by atomic mass is 10.1. The first-order chi connectivity index (χ1) is 8.10. The highest BCUT2D eigenvalue weighted by Crippen LogP contribution is 2.18. The monoisotopic (exact) mass is 259 g/mol. The third-order valence-corrected chi connectivity index (χ3v) is 3.32. The minimum absolute atomic E-state index is 0.376. The van der Waals surface area contributed by atoms with Crippen LogP contribution in [-0.4, -0.2) is 29.5 Å². The molecule has 1 rings (SSSR count). The summed E-state index contributed by atoms with van der Waals surface area (Å²) in [6.07, 6.45) is 2.24. The fourth-order valence-electron chi connectivity index (χ4n) is 1.92. The van der Waals surface area contributed by atoms with Gasteiger partial charge < -0.3 is 10.1 Å². The number of aromatic nitrogens is 2. The molecule has 0 spiro atoms. The molecule has 17 heavy (non-hydrogen) atoms. The third-order valence-electron chi connectivity index (χ3n) is 2.84. The van der Waals surface area contributed by atoms with Crippen LogP contribution < -0.4 is 5.32 Å². The summed E-state index contributed by atoms with van der Waals surface area (Å²) in [5.41, 5.74) is 2.06. The number of aryl methyl sites for hydroxylation is 2. The van der Waals surface area contributed by atoms with Crippen LogP contribution in [0.4, 0.5) is 0 Å². The molecule has 1 N–H and O–H groups in total. The molecule has 0 amide bonds. The smallest absolute Gasteiger partial charge is 0.131 e. The van der Waals surface area contributed by atoms with Crippen molar-refractivity contribution in [2.45, 2.75) is 39.3 Å². The van der Waals surface area contributed by atoms with Gasteiger partial charge in [0, 0.05) is 32.3 Å². The second-order valence-corrected chi connectivity index (χ2v) is 4.66. The van der Waals surface area contributed by atoms with Gasteiger partial charge >= 0.3 is 0 Å². The molecular weight excluding hydrogens is 238 g/mol. The SMILES string of the molecule is CCCC(COC)NCc1c(C)nn(C)c1Cl. The van der Waals surface area contributed by atoms with E-state index in [9.17, 15) is 0 Å². The molecule has 1 atom stereocenters. The second-order valence-electron chi connectivity index (χ2n) is 4.30. The summed E-state index contributed by atoms with van der Waals surface area (Å²) >= 11 is 6.18. The Kier molecular flexibility index (Phi) is 5.95. The molecule has 0 aromatic carbocycles. The van der Waals surface area contributed by atoms with E-state index in [-0.39, 0.29) is 0 Å². The lowest BCUT2D eigenvalue weighted by molar-refractivity contribution is 0.161. The molecule has 0 aliphatic rings. The molecule has 5 heteroatoms. The Labute approximate surface area is 108 Å². The number of rotatable bonds is 7. The van der Waals surface area contributed by atoms with E-state index in [0.29, 0.717) is 11.2 Å². The Balaban J connectivity index is 2.58. The van der Waals surface area contributed by atoms with Gasteiger partial charge in [-0.3, -0.25) is 4.68 Å². The lowest BCUT2D eigenvalue weighted by Crippen LogP contribution is -2.32. The van der Waals surface area contributed by atoms with Crippen LogP contribution in [0.15, 0.2) is 0 Å². The summed E-state index contributed by atoms with van der Waals surface area (Å²) in [4.78, 5) is 0. The van der Waals surface area contributed by atoms with Crippen molar-refractivity contribution in [2.24, 2.45) is 7.05 Å². The molecule has 1 aromatic rings. The maximum atomic E-state index is 6.18. The standard InChI is InChI=1S/C12H22ClN3O/c1-5-6-10(8-17-4)14-7-11-9(2)15-16(3)12(11)13/h10,14H,5-8H2,1-4H3. The Morgan fingerprint density at radius 2 is 2.24 bits per heavy atom. The van der Waals surface area contributed by atoms with Gasteiger partial charge in [0.1, 0.15) is 5.15 Å². The first-order valence-electron chi connectivity index (χ1n) is 6.00. The van der Waals surface area contributed by atoms with Crippen molar-refractivity contribution in [1.29, 1.82) is 0 Å². The molecule has 0 saturated heterocycles. The van der Waals surface area contributed by atoms with Crippen LogP contribution in [0.5, 0.6) is 0 Å². The predicted octanol–water partition coefficient (Wildman–Crippen LogP) is 2.29. The maximum Gasteiger partial charge on any atom is 0.131 e. The number of hydrogen-bond acceptors (Lipinski definition) is 3. The zero-order valence-electron chi connectivity index (χ0n) is 11.1. The van der Waals surface area contributed by atoms with Crippen LogP contribution >= 0.6 is 11.6 Å². The quantitative estimate of drug-likeness (QED) is 0.817. The summed E-state index contributed by atoms with van der Waals surface area (Å²) in [6.45, 7) is 5.62. The highest BCUT2D eigenvalue weighted by atomic mass is 35.5. The van der Waals surface area contributed by atoms with E-state index in [1.807, 2.05) is 14.0 Å². The van der Waals surface area contributed by atoms with Gasteiger partial charge in [0.2, 0.25) is 0 Å². The molecule has 0 bridgehead atoms. The zero-order chi connectivity index (χ0) is 12.8. The molecule has 0 aliphatic carbocycles. The number of nitrogens with zero attached hydrogens (tertiary/aromatic N) is 2. The van der Waals surface area contributed by atoms with E-state index < -0.39 is 0 Å². The molecule has 0 aliphatic heterocycles. The van der Waals surface area contributed by atoms with E-state index >= 15 is 0 Å². The average Bonchev–Trinajstić information content (AvgIpc) is 2.51. The molecule has 0 fully saturated rings. The summed E-state index contributed by atoms with van der Waals surface area (Å²) in [7, 11) is 3.59. The first-order valence-corrected chi connectivity index (χ1v) is 6.38. The molecule has 1 aromatic heterocycles. The van der Waals surface area contributed by atoms with Crippen LogP contribution in [-0.2, 0) is 18.3 Å². The number of nitrogens with one attached hydrogen (secondary N) is 1. The van der Waals surface area contributed by atoms with Crippen LogP contribution in [0.2, 0.25) is 5.15 Å². The van der Waals surface area contributed by atoms with Gasteiger partial charge in [0.15, 0.2) is 0 Å². The minimum atomic E-state index is 0.376. The van der Waals surface area contributed by atoms with Crippen LogP contribution in [0.3, 0.4) is 0 Å². The van der Waals surface area contributed by atoms with Gasteiger partial charge in [-0.2, -0.15) is 5.10 Å². The number of hydrogen-bond donors (Lipinski definition) is 1. The van der Waals surface area contributed by atoms with Gasteiger partial charge in [-0.25, -0.2) is 0 Å². The van der Waals surface area contributed by atoms with Crippen molar-refractivity contribution in [1.82, 2.24) is 15.1 Å². The largest absolute Gasteiger partial charge is 0.383 e. The molecular formula is C12H22ClN3O. The molecule has 0 radical (unpaired) electrons. The molecule has 4 nitrogen and oxygen atoms in total. The summed E-state index contributed by atoms with van der Waals surface area (Å²) < 4.78 is 6.90. The number of ether oxygens (including phenoxy) is 1. The average molecular weight is 260 g/mol. The van der Waals surface area contributed by atoms with Crippen LogP contribution in [0.1, 0.15) is 31.0 Å². The lowest BCUT2D eigenvalue weighted by Gasteiger charge is -2.17. The topological polar surface area (TPSA) is 39.1 Å². The van der Waals surface area contributed by atoms with Crippen molar-refractivity contribution >= 4 is 11.6 Å². The highest BCUT2D eigenvalue weighted by Gasteiger charge is 2.13. The van der Waals surface area contributed by atoms with E-state index in [2.05, 4.69) is 17.3 Å².